The van der Waals surface area contributed by atoms with E-state index in [1.807, 2.05) is 53.7 Å². The van der Waals surface area contributed by atoms with Gasteiger partial charge in [-0.25, -0.2) is 14.8 Å². The minimum Gasteiger partial charge on any atom is -0.384 e. The quantitative estimate of drug-likeness (QED) is 0.150. The van der Waals surface area contributed by atoms with Crippen molar-refractivity contribution in [1.29, 1.82) is 0 Å². The number of benzene rings is 2. The Morgan fingerprint density at radius 1 is 0.794 bits per heavy atom. The molecule has 2 aromatic carbocycles. The molecule has 4 fully saturated rings. The average Bonchev–Trinajstić information content (AvgIpc) is 3.82. The van der Waals surface area contributed by atoms with E-state index in [1.165, 1.54) is 11.3 Å². The van der Waals surface area contributed by atoms with Gasteiger partial charge in [0, 0.05) is 114 Å². The van der Waals surface area contributed by atoms with Crippen LogP contribution in [-0.4, -0.2) is 134 Å². The van der Waals surface area contributed by atoms with Crippen molar-refractivity contribution >= 4 is 45.6 Å². The van der Waals surface area contributed by atoms with E-state index < -0.39 is 11.9 Å². The SMILES string of the molecule is COCCn1c(=O)n(C2CCC(=O)NC2=O)c2ccc(CN3CCN(CC4CCN(C(=O)c5ccc(C6CCN(Cc7cc8c(-c9ccc(N)nc9)ccnc8n7C)CC6)cc5)CC4)CC3)cc21. The minimum absolute atomic E-state index is 0.139. The number of amides is 3. The van der Waals surface area contributed by atoms with Crippen LogP contribution in [-0.2, 0) is 41.0 Å². The lowest BCUT2D eigenvalue weighted by molar-refractivity contribution is -0.135. The second-order valence-corrected chi connectivity index (χ2v) is 19.3. The number of carbonyl (C=O) groups excluding carboxylic acids is 3. The maximum atomic E-state index is 13.7. The zero-order chi connectivity index (χ0) is 46.9. The molecule has 356 valence electrons. The number of nitrogens with one attached hydrogen (secondary N) is 1. The Morgan fingerprint density at radius 3 is 2.26 bits per heavy atom. The number of pyridine rings is 2. The van der Waals surface area contributed by atoms with Crippen LogP contribution in [0.1, 0.15) is 77.7 Å². The highest BCUT2D eigenvalue weighted by Gasteiger charge is 2.32. The van der Waals surface area contributed by atoms with Gasteiger partial charge in [0.2, 0.25) is 11.8 Å². The van der Waals surface area contributed by atoms with Crippen molar-refractivity contribution in [3.8, 4) is 11.1 Å². The summed E-state index contributed by atoms with van der Waals surface area (Å²) in [6, 6.07) is 22.0. The fourth-order valence-electron chi connectivity index (χ4n) is 11.1. The number of aryl methyl sites for hydroxylation is 1. The number of hydrogen-bond acceptors (Lipinski definition) is 11. The molecule has 4 aliphatic heterocycles. The number of ether oxygens (including phenoxy) is 1. The van der Waals surface area contributed by atoms with E-state index >= 15 is 0 Å². The molecule has 10 rings (SSSR count). The number of methoxy groups -OCH3 is 1. The second kappa shape index (κ2) is 19.8. The third kappa shape index (κ3) is 9.46. The van der Waals surface area contributed by atoms with E-state index in [4.69, 9.17) is 15.5 Å². The highest BCUT2D eigenvalue weighted by atomic mass is 16.5. The highest BCUT2D eigenvalue weighted by molar-refractivity contribution is 6.00. The van der Waals surface area contributed by atoms with E-state index in [0.717, 1.165) is 136 Å². The fraction of sp³-hybridized carbons (Fsp3) is 0.462. The second-order valence-electron chi connectivity index (χ2n) is 19.3. The summed E-state index contributed by atoms with van der Waals surface area (Å²) in [5.41, 5.74) is 14.6. The maximum Gasteiger partial charge on any atom is 0.329 e. The van der Waals surface area contributed by atoms with Crippen LogP contribution in [0.15, 0.2) is 83.9 Å². The number of hydrogen-bond donors (Lipinski definition) is 2. The van der Waals surface area contributed by atoms with Crippen molar-refractivity contribution in [3.05, 3.63) is 112 Å². The lowest BCUT2D eigenvalue weighted by Gasteiger charge is -2.39. The number of imidazole rings is 1. The lowest BCUT2D eigenvalue weighted by Crippen LogP contribution is -2.48. The number of imide groups is 1. The summed E-state index contributed by atoms with van der Waals surface area (Å²) in [6.45, 7) is 10.9. The molecule has 16 heteroatoms. The number of carbonyl (C=O) groups is 3. The predicted octanol–water partition coefficient (Wildman–Crippen LogP) is 5.01. The number of nitrogens with zero attached hydrogens (tertiary/aromatic N) is 9. The number of piperazine rings is 1. The Bertz CT molecular complexity index is 2850. The first-order valence-corrected chi connectivity index (χ1v) is 24.4. The molecular formula is C52H63N11O5. The van der Waals surface area contributed by atoms with Gasteiger partial charge in [-0.05, 0) is 122 Å². The number of likely N-dealkylation sites (tertiary alicyclic amines) is 2. The van der Waals surface area contributed by atoms with Crippen LogP contribution in [0.25, 0.3) is 33.2 Å². The molecule has 0 aliphatic carbocycles. The van der Waals surface area contributed by atoms with E-state index in [-0.39, 0.29) is 23.9 Å². The standard InChI is InChI=1S/C52H63N11O5/c1-57-41(30-43-42(13-18-54-49(43)57)40-8-11-47(53)55-31-40)34-58-19-16-38(17-20-58)37-4-6-39(7-5-37)51(66)61-21-14-35(15-22-61)32-59-23-25-60(26-24-59)33-36-3-9-44-46(29-36)62(27-28-68-2)52(67)63(44)45-10-12-48(64)56-50(45)65/h3-9,11,13,18,29-31,35,38,45H,10,12,14-17,19-28,32-34H2,1-2H3,(H2,53,55)(H,56,64,65). The molecule has 68 heavy (non-hydrogen) atoms. The van der Waals surface area contributed by atoms with Gasteiger partial charge in [-0.3, -0.25) is 38.6 Å². The summed E-state index contributed by atoms with van der Waals surface area (Å²) in [7, 11) is 3.71. The van der Waals surface area contributed by atoms with Crippen molar-refractivity contribution in [1.82, 2.24) is 48.6 Å². The first-order chi connectivity index (χ1) is 33.1. The van der Waals surface area contributed by atoms with Crippen LogP contribution in [0.4, 0.5) is 5.82 Å². The number of anilines is 1. The van der Waals surface area contributed by atoms with Gasteiger partial charge < -0.3 is 24.8 Å². The predicted molar refractivity (Wildman–Crippen MR) is 262 cm³/mol. The van der Waals surface area contributed by atoms with Crippen LogP contribution in [0.2, 0.25) is 0 Å². The Kier molecular flexibility index (Phi) is 13.3. The van der Waals surface area contributed by atoms with Gasteiger partial charge in [0.25, 0.3) is 5.91 Å². The number of aromatic nitrogens is 5. The molecule has 4 aliphatic rings. The summed E-state index contributed by atoms with van der Waals surface area (Å²) in [4.78, 5) is 70.6. The van der Waals surface area contributed by atoms with Crippen LogP contribution in [0.5, 0.6) is 0 Å². The van der Waals surface area contributed by atoms with Gasteiger partial charge in [-0.2, -0.15) is 0 Å². The van der Waals surface area contributed by atoms with Gasteiger partial charge in [0.15, 0.2) is 0 Å². The largest absolute Gasteiger partial charge is 0.384 e. The number of nitrogen functional groups attached to an aromatic ring is 1. The topological polar surface area (TPSA) is 169 Å². The zero-order valence-corrected chi connectivity index (χ0v) is 39.3. The number of fused-ring (bicyclic) bond motifs is 2. The van der Waals surface area contributed by atoms with Crippen LogP contribution >= 0.6 is 0 Å². The van der Waals surface area contributed by atoms with Gasteiger partial charge in [-0.15, -0.1) is 0 Å². The highest BCUT2D eigenvalue weighted by Crippen LogP contribution is 2.33. The van der Waals surface area contributed by atoms with E-state index in [0.29, 0.717) is 42.7 Å². The monoisotopic (exact) mass is 922 g/mol. The Balaban J connectivity index is 0.671. The number of nitrogens with two attached hydrogens (primary N) is 1. The van der Waals surface area contributed by atoms with Gasteiger partial charge in [0.1, 0.15) is 17.5 Å². The molecule has 8 heterocycles. The molecular weight excluding hydrogens is 859 g/mol. The Hall–Kier alpha value is -6.20. The normalized spacial score (nSPS) is 19.6. The van der Waals surface area contributed by atoms with Gasteiger partial charge >= 0.3 is 5.69 Å². The van der Waals surface area contributed by atoms with Gasteiger partial charge in [0.05, 0.1) is 24.2 Å². The van der Waals surface area contributed by atoms with Crippen molar-refractivity contribution in [2.75, 3.05) is 78.4 Å². The lowest BCUT2D eigenvalue weighted by atomic mass is 9.88. The summed E-state index contributed by atoms with van der Waals surface area (Å²) in [5.74, 6) is 0.963. The number of piperidine rings is 3. The van der Waals surface area contributed by atoms with Crippen LogP contribution < -0.4 is 16.7 Å². The summed E-state index contributed by atoms with van der Waals surface area (Å²) in [5, 5.41) is 3.52. The smallest absolute Gasteiger partial charge is 0.329 e. The van der Waals surface area contributed by atoms with Gasteiger partial charge in [-0.1, -0.05) is 18.2 Å². The summed E-state index contributed by atoms with van der Waals surface area (Å²) in [6.07, 6.45) is 8.40. The van der Waals surface area contributed by atoms with Crippen molar-refractivity contribution in [2.24, 2.45) is 13.0 Å². The van der Waals surface area contributed by atoms with Crippen molar-refractivity contribution in [2.45, 2.75) is 70.1 Å². The minimum atomic E-state index is -0.722. The summed E-state index contributed by atoms with van der Waals surface area (Å²) >= 11 is 0. The maximum absolute atomic E-state index is 13.7. The third-order valence-corrected chi connectivity index (χ3v) is 15.1. The number of rotatable bonds is 13. The molecule has 4 saturated heterocycles. The molecule has 0 radical (unpaired) electrons. The Morgan fingerprint density at radius 2 is 1.54 bits per heavy atom. The Labute approximate surface area is 396 Å². The van der Waals surface area contributed by atoms with E-state index in [9.17, 15) is 19.2 Å². The molecule has 3 amide bonds. The van der Waals surface area contributed by atoms with E-state index in [1.54, 1.807) is 16.2 Å². The fourth-order valence-corrected chi connectivity index (χ4v) is 11.1. The first-order valence-electron chi connectivity index (χ1n) is 24.4. The molecule has 0 bridgehead atoms. The molecule has 6 aromatic rings. The molecule has 1 atom stereocenters. The van der Waals surface area contributed by atoms with E-state index in [2.05, 4.69) is 66.9 Å². The molecule has 4 aromatic heterocycles. The third-order valence-electron chi connectivity index (χ3n) is 15.1. The molecule has 0 saturated carbocycles. The molecule has 16 nitrogen and oxygen atoms in total. The molecule has 1 unspecified atom stereocenters. The molecule has 0 spiro atoms. The van der Waals surface area contributed by atoms with Crippen molar-refractivity contribution < 1.29 is 19.1 Å². The van der Waals surface area contributed by atoms with Crippen molar-refractivity contribution in [3.63, 3.8) is 0 Å². The van der Waals surface area contributed by atoms with Crippen LogP contribution in [0, 0.1) is 5.92 Å². The first kappa shape index (κ1) is 45.6. The zero-order valence-electron chi connectivity index (χ0n) is 39.3. The summed E-state index contributed by atoms with van der Waals surface area (Å²) < 4.78 is 10.8. The van der Waals surface area contributed by atoms with Crippen LogP contribution in [0.3, 0.4) is 0 Å². The average molecular weight is 922 g/mol. The molecule has 3 N–H and O–H groups in total.